The van der Waals surface area contributed by atoms with E-state index in [1.807, 2.05) is 0 Å². The molecule has 0 heterocycles. The van der Waals surface area contributed by atoms with Crippen molar-refractivity contribution in [2.45, 2.75) is 12.3 Å². The average Bonchev–Trinajstić information content (AvgIpc) is 2.51. The molecule has 0 aromatic heterocycles. The number of carbonyl (C=O) groups is 2. The first-order valence-corrected chi connectivity index (χ1v) is 6.69. The summed E-state index contributed by atoms with van der Waals surface area (Å²) < 4.78 is 48.2. The molecule has 0 aliphatic heterocycles. The molecule has 132 valence electrons. The summed E-state index contributed by atoms with van der Waals surface area (Å²) in [7, 11) is 1.13. The third kappa shape index (κ3) is 5.27. The van der Waals surface area contributed by atoms with E-state index in [1.165, 1.54) is 6.08 Å². The number of carboxylic acids is 1. The van der Waals surface area contributed by atoms with Crippen molar-refractivity contribution in [3.63, 3.8) is 0 Å². The largest absolute Gasteiger partial charge is 0.489 e. The fourth-order valence-electron chi connectivity index (χ4n) is 1.71. The van der Waals surface area contributed by atoms with Crippen LogP contribution < -0.4 is 10.1 Å². The highest BCUT2D eigenvalue weighted by atomic mass is 19.4. The lowest BCUT2D eigenvalue weighted by atomic mass is 10.1. The van der Waals surface area contributed by atoms with E-state index in [9.17, 15) is 22.8 Å². The summed E-state index contributed by atoms with van der Waals surface area (Å²) in [4.78, 5) is 22.9. The molecule has 0 saturated carbocycles. The first kappa shape index (κ1) is 19.5. The summed E-state index contributed by atoms with van der Waals surface area (Å²) in [5, 5.41) is 11.0. The summed E-state index contributed by atoms with van der Waals surface area (Å²) in [5.41, 5.74) is -1.40. The second-order valence-electron chi connectivity index (χ2n) is 4.58. The zero-order valence-corrected chi connectivity index (χ0v) is 12.7. The van der Waals surface area contributed by atoms with Gasteiger partial charge < -0.3 is 19.9 Å². The summed E-state index contributed by atoms with van der Waals surface area (Å²) in [6.07, 6.45) is -4.59. The maximum absolute atomic E-state index is 12.8. The fourth-order valence-corrected chi connectivity index (χ4v) is 1.71. The van der Waals surface area contributed by atoms with Crippen LogP contribution in [0.1, 0.15) is 15.9 Å². The minimum atomic E-state index is -4.64. The first-order valence-electron chi connectivity index (χ1n) is 6.69. The molecule has 1 unspecified atom stereocenters. The lowest BCUT2D eigenvalue weighted by Gasteiger charge is -2.15. The molecule has 1 atom stereocenters. The van der Waals surface area contributed by atoms with Crippen LogP contribution in [0.3, 0.4) is 0 Å². The van der Waals surface area contributed by atoms with Gasteiger partial charge in [0, 0.05) is 7.11 Å². The number of alkyl halides is 3. The minimum Gasteiger partial charge on any atom is -0.489 e. The van der Waals surface area contributed by atoms with Crippen molar-refractivity contribution in [2.24, 2.45) is 0 Å². The van der Waals surface area contributed by atoms with E-state index in [2.05, 4.69) is 16.6 Å². The SMILES string of the molecule is C=CCOc1ccc(C(F)(F)F)cc1C(=O)NCC(OC)C(=O)O. The molecule has 0 radical (unpaired) electrons. The lowest BCUT2D eigenvalue weighted by molar-refractivity contribution is -0.148. The Balaban J connectivity index is 3.05. The molecular formula is C15H16F3NO5. The Kier molecular flexibility index (Phi) is 6.78. The number of methoxy groups -OCH3 is 1. The van der Waals surface area contributed by atoms with Gasteiger partial charge in [-0.1, -0.05) is 12.7 Å². The van der Waals surface area contributed by atoms with Gasteiger partial charge in [0.2, 0.25) is 0 Å². The molecule has 1 amide bonds. The topological polar surface area (TPSA) is 84.9 Å². The molecule has 0 saturated heterocycles. The summed E-state index contributed by atoms with van der Waals surface area (Å²) >= 11 is 0. The maximum Gasteiger partial charge on any atom is 0.416 e. The van der Waals surface area contributed by atoms with Gasteiger partial charge in [-0.3, -0.25) is 4.79 Å². The van der Waals surface area contributed by atoms with Crippen molar-refractivity contribution < 1.29 is 37.3 Å². The third-order valence-electron chi connectivity index (χ3n) is 2.92. The van der Waals surface area contributed by atoms with Gasteiger partial charge in [-0.05, 0) is 18.2 Å². The van der Waals surface area contributed by atoms with Gasteiger partial charge in [-0.15, -0.1) is 0 Å². The molecule has 0 bridgehead atoms. The van der Waals surface area contributed by atoms with Crippen LogP contribution in [0.25, 0.3) is 0 Å². The second-order valence-corrected chi connectivity index (χ2v) is 4.58. The van der Waals surface area contributed by atoms with Crippen LogP contribution in [0, 0.1) is 0 Å². The van der Waals surface area contributed by atoms with Gasteiger partial charge in [0.15, 0.2) is 6.10 Å². The predicted octanol–water partition coefficient (Wildman–Crippen LogP) is 2.10. The molecule has 24 heavy (non-hydrogen) atoms. The van der Waals surface area contributed by atoms with Crippen molar-refractivity contribution in [1.82, 2.24) is 5.32 Å². The molecule has 0 aliphatic carbocycles. The number of carboxylic acid groups (broad SMARTS) is 1. The average molecular weight is 347 g/mol. The van der Waals surface area contributed by atoms with E-state index in [-0.39, 0.29) is 17.9 Å². The summed E-state index contributed by atoms with van der Waals surface area (Å²) in [6, 6.07) is 2.44. The molecule has 1 aromatic carbocycles. The highest BCUT2D eigenvalue weighted by Crippen LogP contribution is 2.32. The number of hydrogen-bond acceptors (Lipinski definition) is 4. The molecule has 1 rings (SSSR count). The van der Waals surface area contributed by atoms with Gasteiger partial charge in [0.25, 0.3) is 5.91 Å². The van der Waals surface area contributed by atoms with Crippen LogP contribution >= 0.6 is 0 Å². The molecule has 9 heteroatoms. The first-order chi connectivity index (χ1) is 11.2. The number of rotatable bonds is 8. The van der Waals surface area contributed by atoms with Crippen molar-refractivity contribution in [3.8, 4) is 5.75 Å². The summed E-state index contributed by atoms with van der Waals surface area (Å²) in [5.74, 6) is -2.31. The Bertz CT molecular complexity index is 616. The van der Waals surface area contributed by atoms with Crippen LogP contribution in [-0.4, -0.2) is 43.3 Å². The number of aliphatic carboxylic acids is 1. The number of benzene rings is 1. The van der Waals surface area contributed by atoms with E-state index in [0.29, 0.717) is 6.07 Å². The van der Waals surface area contributed by atoms with Gasteiger partial charge in [0.05, 0.1) is 17.7 Å². The number of amides is 1. The van der Waals surface area contributed by atoms with E-state index >= 15 is 0 Å². The van der Waals surface area contributed by atoms with E-state index in [4.69, 9.17) is 9.84 Å². The lowest BCUT2D eigenvalue weighted by Crippen LogP contribution is -2.38. The molecule has 2 N–H and O–H groups in total. The quantitative estimate of drug-likeness (QED) is 0.704. The molecule has 1 aromatic rings. The van der Waals surface area contributed by atoms with Crippen LogP contribution in [0.15, 0.2) is 30.9 Å². The monoisotopic (exact) mass is 347 g/mol. The van der Waals surface area contributed by atoms with Crippen LogP contribution in [0.4, 0.5) is 13.2 Å². The smallest absolute Gasteiger partial charge is 0.416 e. The predicted molar refractivity (Wildman–Crippen MR) is 77.9 cm³/mol. The molecule has 0 aliphatic rings. The van der Waals surface area contributed by atoms with Gasteiger partial charge in [-0.2, -0.15) is 13.2 Å². The highest BCUT2D eigenvalue weighted by molar-refractivity contribution is 5.97. The maximum atomic E-state index is 12.8. The van der Waals surface area contributed by atoms with Crippen molar-refractivity contribution in [3.05, 3.63) is 42.0 Å². The Morgan fingerprint density at radius 2 is 2.08 bits per heavy atom. The molecule has 0 spiro atoms. The number of ether oxygens (including phenoxy) is 2. The minimum absolute atomic E-state index is 0.0124. The van der Waals surface area contributed by atoms with Gasteiger partial charge in [0.1, 0.15) is 12.4 Å². The van der Waals surface area contributed by atoms with Gasteiger partial charge in [-0.25, -0.2) is 4.79 Å². The normalized spacial score (nSPS) is 12.3. The molecule has 0 fully saturated rings. The van der Waals surface area contributed by atoms with Crippen LogP contribution in [0.5, 0.6) is 5.75 Å². The molecule has 6 nitrogen and oxygen atoms in total. The zero-order chi connectivity index (χ0) is 18.3. The Morgan fingerprint density at radius 1 is 1.42 bits per heavy atom. The zero-order valence-electron chi connectivity index (χ0n) is 12.7. The Hall–Kier alpha value is -2.55. The third-order valence-corrected chi connectivity index (χ3v) is 2.92. The Labute approximate surface area is 135 Å². The number of hydrogen-bond donors (Lipinski definition) is 2. The highest BCUT2D eigenvalue weighted by Gasteiger charge is 2.32. The van der Waals surface area contributed by atoms with E-state index in [0.717, 1.165) is 19.2 Å². The van der Waals surface area contributed by atoms with Crippen molar-refractivity contribution in [2.75, 3.05) is 20.3 Å². The Morgan fingerprint density at radius 3 is 2.58 bits per heavy atom. The van der Waals surface area contributed by atoms with Crippen LogP contribution in [0.2, 0.25) is 0 Å². The summed E-state index contributed by atoms with van der Waals surface area (Å²) in [6.45, 7) is 2.98. The number of halogens is 3. The van der Waals surface area contributed by atoms with Crippen molar-refractivity contribution >= 4 is 11.9 Å². The van der Waals surface area contributed by atoms with Crippen LogP contribution in [-0.2, 0) is 15.7 Å². The second kappa shape index (κ2) is 8.34. The molecular weight excluding hydrogens is 331 g/mol. The fraction of sp³-hybridized carbons (Fsp3) is 0.333. The standard InChI is InChI=1S/C15H16F3NO5/c1-3-6-24-11-5-4-9(15(16,17)18)7-10(11)13(20)19-8-12(23-2)14(21)22/h3-5,7,12H,1,6,8H2,2H3,(H,19,20)(H,21,22). The van der Waals surface area contributed by atoms with Crippen molar-refractivity contribution in [1.29, 1.82) is 0 Å². The van der Waals surface area contributed by atoms with E-state index in [1.54, 1.807) is 0 Å². The van der Waals surface area contributed by atoms with Gasteiger partial charge >= 0.3 is 12.1 Å². The number of carbonyl (C=O) groups excluding carboxylic acids is 1. The van der Waals surface area contributed by atoms with E-state index < -0.39 is 36.3 Å². The number of nitrogens with one attached hydrogen (secondary N) is 1.